The molecule has 1 aromatic carbocycles. The van der Waals surface area contributed by atoms with Gasteiger partial charge in [0, 0.05) is 31.2 Å². The number of hydrogen-bond acceptors (Lipinski definition) is 4. The van der Waals surface area contributed by atoms with Crippen molar-refractivity contribution in [3.63, 3.8) is 0 Å². The number of ether oxygens (including phenoxy) is 1. The highest BCUT2D eigenvalue weighted by molar-refractivity contribution is 6.30. The molecular formula is C17H18ClF3N4O2. The summed E-state index contributed by atoms with van der Waals surface area (Å²) >= 11 is 5.86. The summed E-state index contributed by atoms with van der Waals surface area (Å²) in [4.78, 5) is 12.1. The molecule has 1 aromatic heterocycles. The van der Waals surface area contributed by atoms with Crippen molar-refractivity contribution in [1.82, 2.24) is 15.1 Å². The molecule has 2 unspecified atom stereocenters. The van der Waals surface area contributed by atoms with Crippen molar-refractivity contribution in [2.75, 3.05) is 25.6 Å². The maximum atomic E-state index is 13.6. The fourth-order valence-electron chi connectivity index (χ4n) is 2.96. The van der Waals surface area contributed by atoms with Crippen molar-refractivity contribution in [2.24, 2.45) is 0 Å². The molecule has 0 saturated heterocycles. The van der Waals surface area contributed by atoms with Gasteiger partial charge in [0.15, 0.2) is 11.7 Å². The van der Waals surface area contributed by atoms with Crippen LogP contribution >= 0.6 is 11.6 Å². The number of rotatable bonds is 5. The van der Waals surface area contributed by atoms with Crippen molar-refractivity contribution in [3.8, 4) is 0 Å². The smallest absolute Gasteiger partial charge is 0.383 e. The molecule has 1 aliphatic rings. The first-order valence-corrected chi connectivity index (χ1v) is 8.63. The Balaban J connectivity index is 1.88. The molecule has 0 aliphatic carbocycles. The largest absolute Gasteiger partial charge is 0.410 e. The predicted molar refractivity (Wildman–Crippen MR) is 94.0 cm³/mol. The average Bonchev–Trinajstić information content (AvgIpc) is 3.05. The Hall–Kier alpha value is -2.26. The van der Waals surface area contributed by atoms with E-state index < -0.39 is 24.2 Å². The van der Waals surface area contributed by atoms with Crippen LogP contribution in [-0.4, -0.2) is 42.1 Å². The van der Waals surface area contributed by atoms with Crippen molar-refractivity contribution in [1.29, 1.82) is 0 Å². The van der Waals surface area contributed by atoms with E-state index in [1.807, 2.05) is 0 Å². The van der Waals surface area contributed by atoms with Gasteiger partial charge >= 0.3 is 6.18 Å². The summed E-state index contributed by atoms with van der Waals surface area (Å²) in [6.45, 7) is 0.530. The van der Waals surface area contributed by atoms with Gasteiger partial charge in [-0.3, -0.25) is 4.79 Å². The molecule has 146 valence electrons. The van der Waals surface area contributed by atoms with Gasteiger partial charge in [0.25, 0.3) is 5.91 Å². The summed E-state index contributed by atoms with van der Waals surface area (Å²) in [7, 11) is 1.48. The summed E-state index contributed by atoms with van der Waals surface area (Å²) in [5.74, 6) is -0.417. The highest BCUT2D eigenvalue weighted by atomic mass is 35.5. The SMILES string of the molecule is COCCNC(=O)c1cc2n(n1)C(C(F)(F)F)CC(c1ccc(Cl)cc1)N2. The van der Waals surface area contributed by atoms with Gasteiger partial charge in [-0.15, -0.1) is 0 Å². The number of amides is 1. The molecule has 27 heavy (non-hydrogen) atoms. The topological polar surface area (TPSA) is 68.2 Å². The van der Waals surface area contributed by atoms with Gasteiger partial charge < -0.3 is 15.4 Å². The number of hydrogen-bond donors (Lipinski definition) is 2. The molecule has 2 aromatic rings. The number of anilines is 1. The molecule has 10 heteroatoms. The van der Waals surface area contributed by atoms with Gasteiger partial charge in [0.1, 0.15) is 5.82 Å². The number of methoxy groups -OCH3 is 1. The molecule has 0 saturated carbocycles. The van der Waals surface area contributed by atoms with E-state index in [2.05, 4.69) is 15.7 Å². The van der Waals surface area contributed by atoms with Crippen LogP contribution in [0.5, 0.6) is 0 Å². The normalized spacial score (nSPS) is 19.3. The minimum absolute atomic E-state index is 0.0837. The first-order valence-electron chi connectivity index (χ1n) is 8.25. The first-order chi connectivity index (χ1) is 12.8. The number of alkyl halides is 3. The number of carbonyl (C=O) groups excluding carboxylic acids is 1. The second-order valence-corrected chi connectivity index (χ2v) is 6.59. The van der Waals surface area contributed by atoms with E-state index in [9.17, 15) is 18.0 Å². The molecule has 1 aliphatic heterocycles. The van der Waals surface area contributed by atoms with E-state index in [0.29, 0.717) is 17.2 Å². The molecule has 3 rings (SSSR count). The van der Waals surface area contributed by atoms with Gasteiger partial charge in [-0.05, 0) is 17.7 Å². The lowest BCUT2D eigenvalue weighted by Crippen LogP contribution is -2.35. The lowest BCUT2D eigenvalue weighted by Gasteiger charge is -2.33. The molecular weight excluding hydrogens is 385 g/mol. The third-order valence-corrected chi connectivity index (χ3v) is 4.54. The van der Waals surface area contributed by atoms with E-state index in [-0.39, 0.29) is 24.5 Å². The van der Waals surface area contributed by atoms with Crippen LogP contribution in [0.15, 0.2) is 30.3 Å². The highest BCUT2D eigenvalue weighted by Gasteiger charge is 2.46. The monoisotopic (exact) mass is 402 g/mol. The van der Waals surface area contributed by atoms with Gasteiger partial charge in [0.05, 0.1) is 12.6 Å². The second-order valence-electron chi connectivity index (χ2n) is 6.15. The third kappa shape index (κ3) is 4.36. The Morgan fingerprint density at radius 1 is 1.41 bits per heavy atom. The van der Waals surface area contributed by atoms with E-state index in [1.165, 1.54) is 13.2 Å². The van der Waals surface area contributed by atoms with Crippen molar-refractivity contribution >= 4 is 23.3 Å². The summed E-state index contributed by atoms with van der Waals surface area (Å²) in [5, 5.41) is 9.96. The number of nitrogens with zero attached hydrogens (tertiary/aromatic N) is 2. The van der Waals surface area contributed by atoms with Gasteiger partial charge in [-0.25, -0.2) is 4.68 Å². The number of aromatic nitrogens is 2. The number of halogens is 4. The molecule has 6 nitrogen and oxygen atoms in total. The Labute approximate surface area is 158 Å². The van der Waals surface area contributed by atoms with E-state index >= 15 is 0 Å². The van der Waals surface area contributed by atoms with Crippen LogP contribution in [0.25, 0.3) is 0 Å². The Morgan fingerprint density at radius 2 is 2.11 bits per heavy atom. The molecule has 1 amide bonds. The van der Waals surface area contributed by atoms with Gasteiger partial charge in [0.2, 0.25) is 0 Å². The van der Waals surface area contributed by atoms with E-state index in [4.69, 9.17) is 16.3 Å². The molecule has 0 fully saturated rings. The summed E-state index contributed by atoms with van der Waals surface area (Å²) in [5.41, 5.74) is 0.590. The maximum Gasteiger partial charge on any atom is 0.410 e. The predicted octanol–water partition coefficient (Wildman–Crippen LogP) is 3.57. The van der Waals surface area contributed by atoms with E-state index in [0.717, 1.165) is 4.68 Å². The molecule has 0 spiro atoms. The number of benzene rings is 1. The lowest BCUT2D eigenvalue weighted by atomic mass is 9.97. The first kappa shape index (κ1) is 19.5. The molecule has 2 heterocycles. The van der Waals surface area contributed by atoms with Crippen LogP contribution in [0.2, 0.25) is 5.02 Å². The minimum Gasteiger partial charge on any atom is -0.383 e. The van der Waals surface area contributed by atoms with Crippen molar-refractivity contribution < 1.29 is 22.7 Å². The van der Waals surface area contributed by atoms with Crippen LogP contribution in [0.3, 0.4) is 0 Å². The number of carbonyl (C=O) groups is 1. The quantitative estimate of drug-likeness (QED) is 0.750. The van der Waals surface area contributed by atoms with Crippen molar-refractivity contribution in [2.45, 2.75) is 24.7 Å². The Bertz CT molecular complexity index is 808. The number of fused-ring (bicyclic) bond motifs is 1. The van der Waals surface area contributed by atoms with Gasteiger partial charge in [-0.1, -0.05) is 23.7 Å². The summed E-state index contributed by atoms with van der Waals surface area (Å²) in [6, 6.07) is 5.51. The standard InChI is InChI=1S/C17H18ClF3N4O2/c1-27-7-6-22-16(26)13-9-15-23-12(10-2-4-11(18)5-3-10)8-14(17(19,20)21)25(15)24-13/h2-5,9,12,14,23H,6-8H2,1H3,(H,22,26). The zero-order chi connectivity index (χ0) is 19.6. The summed E-state index contributed by atoms with van der Waals surface area (Å²) < 4.78 is 46.5. The van der Waals surface area contributed by atoms with Crippen LogP contribution in [-0.2, 0) is 4.74 Å². The fourth-order valence-corrected chi connectivity index (χ4v) is 3.08. The third-order valence-electron chi connectivity index (χ3n) is 4.29. The zero-order valence-electron chi connectivity index (χ0n) is 14.4. The highest BCUT2D eigenvalue weighted by Crippen LogP contribution is 2.43. The van der Waals surface area contributed by atoms with Crippen LogP contribution in [0, 0.1) is 0 Å². The molecule has 2 atom stereocenters. The molecule has 2 N–H and O–H groups in total. The lowest BCUT2D eigenvalue weighted by molar-refractivity contribution is -0.173. The summed E-state index contributed by atoms with van der Waals surface area (Å²) in [6.07, 6.45) is -4.75. The average molecular weight is 403 g/mol. The molecule has 0 bridgehead atoms. The van der Waals surface area contributed by atoms with Crippen LogP contribution in [0.1, 0.15) is 34.6 Å². The zero-order valence-corrected chi connectivity index (χ0v) is 15.1. The molecule has 0 radical (unpaired) electrons. The fraction of sp³-hybridized carbons (Fsp3) is 0.412. The van der Waals surface area contributed by atoms with E-state index in [1.54, 1.807) is 24.3 Å². The Morgan fingerprint density at radius 3 is 2.74 bits per heavy atom. The Kier molecular flexibility index (Phi) is 5.61. The second kappa shape index (κ2) is 7.77. The van der Waals surface area contributed by atoms with Crippen LogP contribution in [0.4, 0.5) is 19.0 Å². The van der Waals surface area contributed by atoms with Crippen LogP contribution < -0.4 is 10.6 Å². The maximum absolute atomic E-state index is 13.6. The van der Waals surface area contributed by atoms with Gasteiger partial charge in [-0.2, -0.15) is 18.3 Å². The number of nitrogens with one attached hydrogen (secondary N) is 2. The minimum atomic E-state index is -4.50. The van der Waals surface area contributed by atoms with Crippen molar-refractivity contribution in [3.05, 3.63) is 46.6 Å².